The molecule has 21 heavy (non-hydrogen) atoms. The normalized spacial score (nSPS) is 10.2. The highest BCUT2D eigenvalue weighted by atomic mass is 127. The van der Waals surface area contributed by atoms with Crippen molar-refractivity contribution in [1.82, 2.24) is 0 Å². The average Bonchev–Trinajstić information content (AvgIpc) is 2.47. The molecule has 110 valence electrons. The Morgan fingerprint density at radius 3 is 2.43 bits per heavy atom. The van der Waals surface area contributed by atoms with Gasteiger partial charge in [0.15, 0.2) is 0 Å². The average molecular weight is 397 g/mol. The Kier molecular flexibility index (Phi) is 5.38. The summed E-state index contributed by atoms with van der Waals surface area (Å²) in [7, 11) is 0. The molecule has 5 nitrogen and oxygen atoms in total. The first kappa shape index (κ1) is 15.6. The van der Waals surface area contributed by atoms with Crippen molar-refractivity contribution in [2.45, 2.75) is 13.3 Å². The summed E-state index contributed by atoms with van der Waals surface area (Å²) in [4.78, 5) is 11.0. The Labute approximate surface area is 137 Å². The lowest BCUT2D eigenvalue weighted by Gasteiger charge is -2.11. The van der Waals surface area contributed by atoms with Crippen molar-refractivity contribution >= 4 is 45.3 Å². The predicted molar refractivity (Wildman–Crippen MR) is 94.3 cm³/mol. The molecule has 2 rings (SSSR count). The standard InChI is InChI=1S/C15H16IN3O2/c1-2-10-17-13-4-3-5-14(15(13)19(20)21)18-12-8-6-11(16)7-9-12/h3-9,17-18H,2,10H2,1H3. The molecular weight excluding hydrogens is 381 g/mol. The van der Waals surface area contributed by atoms with Crippen LogP contribution >= 0.6 is 22.6 Å². The molecule has 0 bridgehead atoms. The van der Waals surface area contributed by atoms with E-state index in [0.29, 0.717) is 17.9 Å². The van der Waals surface area contributed by atoms with Crippen LogP contribution in [0.3, 0.4) is 0 Å². The van der Waals surface area contributed by atoms with E-state index in [9.17, 15) is 10.1 Å². The van der Waals surface area contributed by atoms with Gasteiger partial charge in [0.25, 0.3) is 0 Å². The molecule has 0 atom stereocenters. The van der Waals surface area contributed by atoms with Gasteiger partial charge in [-0.3, -0.25) is 10.1 Å². The van der Waals surface area contributed by atoms with E-state index in [4.69, 9.17) is 0 Å². The molecule has 0 saturated carbocycles. The fourth-order valence-corrected chi connectivity index (χ4v) is 2.29. The molecule has 0 unspecified atom stereocenters. The first-order valence-corrected chi connectivity index (χ1v) is 7.73. The van der Waals surface area contributed by atoms with E-state index in [1.54, 1.807) is 18.2 Å². The van der Waals surface area contributed by atoms with E-state index in [1.807, 2.05) is 31.2 Å². The summed E-state index contributed by atoms with van der Waals surface area (Å²) in [6.07, 6.45) is 0.909. The summed E-state index contributed by atoms with van der Waals surface area (Å²) in [6, 6.07) is 13.0. The van der Waals surface area contributed by atoms with Gasteiger partial charge < -0.3 is 10.6 Å². The number of nitrogens with zero attached hydrogens (tertiary/aromatic N) is 1. The second-order valence-electron chi connectivity index (χ2n) is 4.52. The van der Waals surface area contributed by atoms with Gasteiger partial charge in [-0.05, 0) is 65.4 Å². The van der Waals surface area contributed by atoms with Crippen molar-refractivity contribution < 1.29 is 4.92 Å². The van der Waals surface area contributed by atoms with Crippen LogP contribution in [0.25, 0.3) is 0 Å². The maximum atomic E-state index is 11.4. The molecule has 0 aliphatic rings. The highest BCUT2D eigenvalue weighted by molar-refractivity contribution is 14.1. The first-order chi connectivity index (χ1) is 10.1. The summed E-state index contributed by atoms with van der Waals surface area (Å²) in [6.45, 7) is 2.72. The Hall–Kier alpha value is -1.83. The van der Waals surface area contributed by atoms with Gasteiger partial charge in [-0.15, -0.1) is 0 Å². The maximum absolute atomic E-state index is 11.4. The minimum atomic E-state index is -0.354. The Bertz CT molecular complexity index is 629. The van der Waals surface area contributed by atoms with Gasteiger partial charge >= 0.3 is 5.69 Å². The smallest absolute Gasteiger partial charge is 0.315 e. The second kappa shape index (κ2) is 7.26. The van der Waals surface area contributed by atoms with Crippen LogP contribution in [0.2, 0.25) is 0 Å². The number of halogens is 1. The van der Waals surface area contributed by atoms with Crippen LogP contribution < -0.4 is 10.6 Å². The predicted octanol–water partition coefficient (Wildman–Crippen LogP) is 4.76. The molecule has 2 N–H and O–H groups in total. The molecule has 0 heterocycles. The summed E-state index contributed by atoms with van der Waals surface area (Å²) in [5, 5.41) is 17.6. The van der Waals surface area contributed by atoms with Gasteiger partial charge in [0, 0.05) is 15.8 Å². The summed E-state index contributed by atoms with van der Waals surface area (Å²) in [5.41, 5.74) is 1.93. The number of hydrogen-bond acceptors (Lipinski definition) is 4. The summed E-state index contributed by atoms with van der Waals surface area (Å²) >= 11 is 2.22. The SMILES string of the molecule is CCCNc1cccc(Nc2ccc(I)cc2)c1[N+](=O)[O-]. The Balaban J connectivity index is 2.33. The van der Waals surface area contributed by atoms with E-state index >= 15 is 0 Å². The van der Waals surface area contributed by atoms with Gasteiger partial charge in [0.05, 0.1) is 4.92 Å². The molecule has 0 aromatic heterocycles. The van der Waals surface area contributed by atoms with E-state index < -0.39 is 0 Å². The number of nitro groups is 1. The van der Waals surface area contributed by atoms with Crippen LogP contribution in [0.15, 0.2) is 42.5 Å². The highest BCUT2D eigenvalue weighted by Crippen LogP contribution is 2.34. The molecule has 0 fully saturated rings. The molecule has 0 aliphatic carbocycles. The zero-order valence-electron chi connectivity index (χ0n) is 11.6. The van der Waals surface area contributed by atoms with Crippen molar-refractivity contribution in [3.8, 4) is 0 Å². The van der Waals surface area contributed by atoms with Gasteiger partial charge in [0.1, 0.15) is 11.4 Å². The van der Waals surface area contributed by atoms with Gasteiger partial charge in [-0.1, -0.05) is 13.0 Å². The van der Waals surface area contributed by atoms with Crippen LogP contribution in [-0.2, 0) is 0 Å². The molecule has 6 heteroatoms. The molecule has 2 aromatic rings. The van der Waals surface area contributed by atoms with E-state index in [-0.39, 0.29) is 10.6 Å². The minimum Gasteiger partial charge on any atom is -0.379 e. The van der Waals surface area contributed by atoms with Crippen molar-refractivity contribution in [2.75, 3.05) is 17.2 Å². The third kappa shape index (κ3) is 4.07. The Morgan fingerprint density at radius 2 is 1.81 bits per heavy atom. The van der Waals surface area contributed by atoms with Crippen LogP contribution in [0.1, 0.15) is 13.3 Å². The second-order valence-corrected chi connectivity index (χ2v) is 5.76. The van der Waals surface area contributed by atoms with E-state index in [2.05, 4.69) is 33.2 Å². The summed E-state index contributed by atoms with van der Waals surface area (Å²) < 4.78 is 1.12. The van der Waals surface area contributed by atoms with Crippen LogP contribution in [-0.4, -0.2) is 11.5 Å². The number of anilines is 3. The third-order valence-corrected chi connectivity index (χ3v) is 3.63. The number of hydrogen-bond donors (Lipinski definition) is 2. The Morgan fingerprint density at radius 1 is 1.14 bits per heavy atom. The minimum absolute atomic E-state index is 0.0736. The topological polar surface area (TPSA) is 67.2 Å². The van der Waals surface area contributed by atoms with Gasteiger partial charge in [-0.25, -0.2) is 0 Å². The molecule has 0 saturated heterocycles. The van der Waals surface area contributed by atoms with Crippen molar-refractivity contribution in [2.24, 2.45) is 0 Å². The third-order valence-electron chi connectivity index (χ3n) is 2.91. The molecule has 0 spiro atoms. The molecular formula is C15H16IN3O2. The van der Waals surface area contributed by atoms with Crippen LogP contribution in [0, 0.1) is 13.7 Å². The van der Waals surface area contributed by atoms with Crippen molar-refractivity contribution in [1.29, 1.82) is 0 Å². The quantitative estimate of drug-likeness (QED) is 0.419. The lowest BCUT2D eigenvalue weighted by atomic mass is 10.2. The number of para-hydroxylation sites is 1. The van der Waals surface area contributed by atoms with Gasteiger partial charge in [0.2, 0.25) is 0 Å². The number of benzene rings is 2. The molecule has 2 aromatic carbocycles. The van der Waals surface area contributed by atoms with Crippen LogP contribution in [0.5, 0.6) is 0 Å². The maximum Gasteiger partial charge on any atom is 0.315 e. The van der Waals surface area contributed by atoms with Gasteiger partial charge in [-0.2, -0.15) is 0 Å². The largest absolute Gasteiger partial charge is 0.379 e. The molecule has 0 amide bonds. The highest BCUT2D eigenvalue weighted by Gasteiger charge is 2.19. The number of nitro benzene ring substituents is 1. The summed E-state index contributed by atoms with van der Waals surface area (Å²) in [5.74, 6) is 0. The van der Waals surface area contributed by atoms with Crippen LogP contribution in [0.4, 0.5) is 22.7 Å². The fourth-order valence-electron chi connectivity index (χ4n) is 1.93. The number of nitrogens with one attached hydrogen (secondary N) is 2. The zero-order valence-corrected chi connectivity index (χ0v) is 13.8. The fraction of sp³-hybridized carbons (Fsp3) is 0.200. The molecule has 0 radical (unpaired) electrons. The van der Waals surface area contributed by atoms with Crippen molar-refractivity contribution in [3.05, 3.63) is 56.1 Å². The first-order valence-electron chi connectivity index (χ1n) is 6.65. The number of rotatable bonds is 6. The lowest BCUT2D eigenvalue weighted by Crippen LogP contribution is -2.05. The van der Waals surface area contributed by atoms with Crippen molar-refractivity contribution in [3.63, 3.8) is 0 Å². The monoisotopic (exact) mass is 397 g/mol. The zero-order chi connectivity index (χ0) is 15.2. The lowest BCUT2D eigenvalue weighted by molar-refractivity contribution is -0.383. The molecule has 0 aliphatic heterocycles. The van der Waals surface area contributed by atoms with E-state index in [1.165, 1.54) is 0 Å². The van der Waals surface area contributed by atoms with E-state index in [0.717, 1.165) is 15.7 Å².